The second-order valence-electron chi connectivity index (χ2n) is 16.9. The summed E-state index contributed by atoms with van der Waals surface area (Å²) < 4.78 is 32.1. The fourth-order valence-electron chi connectivity index (χ4n) is 7.13. The minimum atomic E-state index is -4.27. The molecule has 0 saturated heterocycles. The van der Waals surface area contributed by atoms with Gasteiger partial charge in [-0.1, -0.05) is 204 Å². The number of carbonyl (C=O) groups is 2. The summed E-state index contributed by atoms with van der Waals surface area (Å²) in [5.74, 6) is -0.813. The largest absolute Gasteiger partial charge is 0.472 e. The van der Waals surface area contributed by atoms with Gasteiger partial charge in [-0.2, -0.15) is 0 Å². The van der Waals surface area contributed by atoms with E-state index in [4.69, 9.17) is 14.0 Å². The average molecular weight is 879 g/mol. The van der Waals surface area contributed by atoms with Crippen molar-refractivity contribution < 1.29 is 37.6 Å². The first-order chi connectivity index (χ1) is 29.8. The zero-order valence-corrected chi connectivity index (χ0v) is 40.7. The second-order valence-corrected chi connectivity index (χ2v) is 18.5. The smallest absolute Gasteiger partial charge is 0.462 e. The Kier molecular flexibility index (Phi) is 45.9. The van der Waals surface area contributed by atoms with E-state index < -0.39 is 26.5 Å². The lowest BCUT2D eigenvalue weighted by atomic mass is 10.0. The fourth-order valence-corrected chi connectivity index (χ4v) is 7.59. The van der Waals surface area contributed by atoms with Crippen LogP contribution in [0, 0.1) is 0 Å². The molecule has 0 fully saturated rings. The van der Waals surface area contributed by atoms with Crippen molar-refractivity contribution in [3.63, 3.8) is 0 Å². The molecule has 0 bridgehead atoms. The Hall–Kier alpha value is -1.99. The van der Waals surface area contributed by atoms with Gasteiger partial charge in [0, 0.05) is 20.0 Å². The highest BCUT2D eigenvalue weighted by molar-refractivity contribution is 7.47. The summed E-state index contributed by atoms with van der Waals surface area (Å²) in [7, 11) is -3.21. The lowest BCUT2D eigenvalue weighted by molar-refractivity contribution is -0.161. The molecule has 0 amide bonds. The zero-order chi connectivity index (χ0) is 44.6. The zero-order valence-electron chi connectivity index (χ0n) is 39.8. The molecular weight excluding hydrogens is 784 g/mol. The summed E-state index contributed by atoms with van der Waals surface area (Å²) in [6, 6.07) is 0. The van der Waals surface area contributed by atoms with Crippen LogP contribution in [0.1, 0.15) is 245 Å². The van der Waals surface area contributed by atoms with Crippen molar-refractivity contribution in [1.29, 1.82) is 0 Å². The highest BCUT2D eigenvalue weighted by atomic mass is 31.2. The number of allylic oxidation sites excluding steroid dienone is 8. The topological polar surface area (TPSA) is 108 Å². The highest BCUT2D eigenvalue weighted by Crippen LogP contribution is 2.42. The minimum absolute atomic E-state index is 0.230. The molecule has 0 aliphatic carbocycles. The number of hydrogen-bond donors (Lipinski definition) is 1. The Bertz CT molecular complexity index is 1130. The van der Waals surface area contributed by atoms with E-state index in [0.29, 0.717) is 6.42 Å². The molecule has 0 aromatic rings. The summed E-state index contributed by atoms with van der Waals surface area (Å²) in [5.41, 5.74) is 0. The van der Waals surface area contributed by atoms with Crippen molar-refractivity contribution in [3.05, 3.63) is 48.6 Å². The maximum absolute atomic E-state index is 12.6. The van der Waals surface area contributed by atoms with Crippen LogP contribution in [0.25, 0.3) is 0 Å². The quantitative estimate of drug-likeness (QED) is 0.0279. The first-order valence-electron chi connectivity index (χ1n) is 25.3. The van der Waals surface area contributed by atoms with Crippen LogP contribution in [-0.4, -0.2) is 43.3 Å². The maximum Gasteiger partial charge on any atom is 0.472 e. The highest BCUT2D eigenvalue weighted by Gasteiger charge is 2.24. The number of carbonyl (C=O) groups excluding carboxylic acids is 2. The summed E-state index contributed by atoms with van der Waals surface area (Å²) >= 11 is 0. The molecule has 8 nitrogen and oxygen atoms in total. The fraction of sp³-hybridized carbons (Fsp3) is 0.808. The molecule has 0 saturated carbocycles. The Morgan fingerprint density at radius 3 is 1.21 bits per heavy atom. The lowest BCUT2D eigenvalue weighted by Crippen LogP contribution is -2.29. The van der Waals surface area contributed by atoms with Gasteiger partial charge < -0.3 is 14.4 Å². The molecule has 1 N–H and O–H groups in total. The average Bonchev–Trinajstić information content (AvgIpc) is 3.25. The van der Waals surface area contributed by atoms with Crippen molar-refractivity contribution >= 4 is 19.8 Å². The van der Waals surface area contributed by atoms with E-state index in [2.05, 4.69) is 67.0 Å². The summed E-state index contributed by atoms with van der Waals surface area (Å²) in [6.07, 6.45) is 58.9. The van der Waals surface area contributed by atoms with Gasteiger partial charge in [-0.25, -0.2) is 4.57 Å². The van der Waals surface area contributed by atoms with Crippen molar-refractivity contribution in [2.75, 3.05) is 20.3 Å². The molecule has 0 radical (unpaired) electrons. The first kappa shape index (κ1) is 59.0. The van der Waals surface area contributed by atoms with Gasteiger partial charge in [0.2, 0.25) is 0 Å². The van der Waals surface area contributed by atoms with Gasteiger partial charge in [0.1, 0.15) is 6.61 Å². The monoisotopic (exact) mass is 879 g/mol. The summed E-state index contributed by atoms with van der Waals surface area (Å²) in [5, 5.41) is 0. The van der Waals surface area contributed by atoms with E-state index in [1.54, 1.807) is 0 Å². The van der Waals surface area contributed by atoms with Gasteiger partial charge in [0.25, 0.3) is 0 Å². The number of phosphoric acid groups is 1. The van der Waals surface area contributed by atoms with Gasteiger partial charge in [0.05, 0.1) is 6.61 Å². The summed E-state index contributed by atoms with van der Waals surface area (Å²) in [6.45, 7) is 3.88. The molecule has 0 rings (SSSR count). The van der Waals surface area contributed by atoms with Crippen LogP contribution in [0.5, 0.6) is 0 Å². The predicted molar refractivity (Wildman–Crippen MR) is 258 cm³/mol. The third kappa shape index (κ3) is 47.3. The van der Waals surface area contributed by atoms with E-state index in [1.807, 2.05) is 0 Å². The van der Waals surface area contributed by atoms with Crippen LogP contribution in [0.2, 0.25) is 0 Å². The molecule has 0 spiro atoms. The van der Waals surface area contributed by atoms with E-state index in [9.17, 15) is 19.0 Å². The van der Waals surface area contributed by atoms with Gasteiger partial charge in [-0.3, -0.25) is 18.6 Å². The molecule has 0 aliphatic heterocycles. The number of rotatable bonds is 47. The summed E-state index contributed by atoms with van der Waals surface area (Å²) in [4.78, 5) is 34.6. The number of ether oxygens (including phenoxy) is 2. The Labute approximate surface area is 376 Å². The van der Waals surface area contributed by atoms with Gasteiger partial charge in [-0.15, -0.1) is 0 Å². The number of phosphoric ester groups is 1. The molecule has 0 heterocycles. The third-order valence-electron chi connectivity index (χ3n) is 11.0. The van der Waals surface area contributed by atoms with E-state index in [1.165, 1.54) is 141 Å². The molecule has 0 aliphatic rings. The van der Waals surface area contributed by atoms with Crippen molar-refractivity contribution in [2.45, 2.75) is 251 Å². The predicted octanol–water partition coefficient (Wildman–Crippen LogP) is 16.5. The van der Waals surface area contributed by atoms with Gasteiger partial charge >= 0.3 is 19.8 Å². The van der Waals surface area contributed by atoms with Crippen LogP contribution in [0.4, 0.5) is 0 Å². The molecule has 2 atom stereocenters. The molecule has 61 heavy (non-hydrogen) atoms. The van der Waals surface area contributed by atoms with Crippen LogP contribution < -0.4 is 0 Å². The van der Waals surface area contributed by atoms with E-state index in [-0.39, 0.29) is 25.4 Å². The Morgan fingerprint density at radius 2 is 0.787 bits per heavy atom. The van der Waals surface area contributed by atoms with Gasteiger partial charge in [0.15, 0.2) is 6.10 Å². The van der Waals surface area contributed by atoms with Crippen LogP contribution in [0.3, 0.4) is 0 Å². The molecule has 2 unspecified atom stereocenters. The molecule has 356 valence electrons. The van der Waals surface area contributed by atoms with Gasteiger partial charge in [-0.05, 0) is 77.0 Å². The Morgan fingerprint density at radius 1 is 0.459 bits per heavy atom. The standard InChI is InChI=1S/C52H95O8P/c1-4-6-8-10-12-14-16-18-20-22-24-25-26-27-29-30-32-34-36-38-40-42-44-46-51(53)58-48-50(49-59-61(55,56)57-3)60-52(54)47-45-43-41-39-37-35-33-31-28-23-21-19-17-15-13-11-9-7-5-2/h13,15,19,21-22,24,28,31,50H,4-12,14,16-18,20,23,25-27,29-30,32-49H2,1-3H3,(H,55,56)/b15-13-,21-19-,24-22-,31-28-. The van der Waals surface area contributed by atoms with Crippen molar-refractivity contribution in [1.82, 2.24) is 0 Å². The van der Waals surface area contributed by atoms with E-state index in [0.717, 1.165) is 77.7 Å². The molecule has 0 aromatic heterocycles. The van der Waals surface area contributed by atoms with Crippen LogP contribution in [0.15, 0.2) is 48.6 Å². The first-order valence-corrected chi connectivity index (χ1v) is 26.8. The molecule has 9 heteroatoms. The lowest BCUT2D eigenvalue weighted by Gasteiger charge is -2.19. The third-order valence-corrected chi connectivity index (χ3v) is 12.0. The normalized spacial score (nSPS) is 13.6. The molecular formula is C52H95O8P. The maximum atomic E-state index is 12.6. The van der Waals surface area contributed by atoms with E-state index >= 15 is 0 Å². The number of unbranched alkanes of at least 4 members (excludes halogenated alkanes) is 28. The SMILES string of the molecule is CCCCC/C=C\C/C=C\C/C=C\CCCCCCCCC(=O)OC(COC(=O)CCCCCCCCCCCCC/C=C\CCCCCCCCCC)COP(=O)(O)OC. The number of esters is 2. The van der Waals surface area contributed by atoms with Crippen molar-refractivity contribution in [2.24, 2.45) is 0 Å². The number of hydrogen-bond acceptors (Lipinski definition) is 7. The molecule has 0 aromatic carbocycles. The Balaban J connectivity index is 3.92. The second kappa shape index (κ2) is 47.5. The minimum Gasteiger partial charge on any atom is -0.462 e. The van der Waals surface area contributed by atoms with Crippen molar-refractivity contribution in [3.8, 4) is 0 Å². The van der Waals surface area contributed by atoms with Crippen LogP contribution in [-0.2, 0) is 32.7 Å². The van der Waals surface area contributed by atoms with Crippen LogP contribution >= 0.6 is 7.82 Å².